The third-order valence-corrected chi connectivity index (χ3v) is 5.97. The van der Waals surface area contributed by atoms with E-state index < -0.39 is 0 Å². The molecule has 5 nitrogen and oxygen atoms in total. The number of oxazole rings is 1. The molecule has 2 bridgehead atoms. The molecule has 1 aromatic heterocycles. The maximum atomic E-state index is 13.0. The Morgan fingerprint density at radius 2 is 2.00 bits per heavy atom. The van der Waals surface area contributed by atoms with Crippen LogP contribution in [0.15, 0.2) is 47.4 Å². The number of amides is 1. The van der Waals surface area contributed by atoms with Crippen molar-refractivity contribution in [1.29, 1.82) is 0 Å². The van der Waals surface area contributed by atoms with Crippen molar-refractivity contribution >= 4 is 5.91 Å². The number of nitrogens with zero attached hydrogens (tertiary/aromatic N) is 2. The zero-order valence-corrected chi connectivity index (χ0v) is 16.1. The van der Waals surface area contributed by atoms with Crippen molar-refractivity contribution in [1.82, 2.24) is 9.88 Å². The molecule has 28 heavy (non-hydrogen) atoms. The van der Waals surface area contributed by atoms with Gasteiger partial charge in [0.05, 0.1) is 12.1 Å². The van der Waals surface area contributed by atoms with E-state index >= 15 is 0 Å². The van der Waals surface area contributed by atoms with Crippen LogP contribution >= 0.6 is 0 Å². The first-order valence-corrected chi connectivity index (χ1v) is 9.66. The molecule has 5 heteroatoms. The second-order valence-electron chi connectivity index (χ2n) is 7.69. The highest BCUT2D eigenvalue weighted by molar-refractivity contribution is 5.98. The van der Waals surface area contributed by atoms with Crippen LogP contribution in [0.1, 0.15) is 39.0 Å². The SMILES string of the molecule is Cc1c(Cc2ccc(-c3cocn3)cc2)cc2c(c1C)O[C@H]1CCN(C1)C2=O. The first kappa shape index (κ1) is 17.0. The molecule has 1 saturated heterocycles. The Hall–Kier alpha value is -3.08. The third-order valence-electron chi connectivity index (χ3n) is 5.97. The minimum atomic E-state index is 0.0979. The lowest BCUT2D eigenvalue weighted by Gasteiger charge is -2.21. The average Bonchev–Trinajstić information content (AvgIpc) is 3.37. The molecule has 1 fully saturated rings. The second kappa shape index (κ2) is 6.51. The summed E-state index contributed by atoms with van der Waals surface area (Å²) in [6.07, 6.45) is 4.90. The summed E-state index contributed by atoms with van der Waals surface area (Å²) in [4.78, 5) is 19.1. The van der Waals surface area contributed by atoms with Gasteiger partial charge in [-0.15, -0.1) is 0 Å². The number of hydrogen-bond acceptors (Lipinski definition) is 4. The molecule has 0 spiro atoms. The van der Waals surface area contributed by atoms with E-state index in [9.17, 15) is 4.79 Å². The van der Waals surface area contributed by atoms with Crippen LogP contribution in [0.4, 0.5) is 0 Å². The highest BCUT2D eigenvalue weighted by Gasteiger charge is 2.35. The number of carbonyl (C=O) groups is 1. The predicted molar refractivity (Wildman–Crippen MR) is 106 cm³/mol. The van der Waals surface area contributed by atoms with Gasteiger partial charge in [0, 0.05) is 18.5 Å². The van der Waals surface area contributed by atoms with Crippen molar-refractivity contribution in [3.63, 3.8) is 0 Å². The highest BCUT2D eigenvalue weighted by Crippen LogP contribution is 2.36. The van der Waals surface area contributed by atoms with Gasteiger partial charge in [0.1, 0.15) is 23.8 Å². The molecular formula is C23H22N2O3. The summed E-state index contributed by atoms with van der Waals surface area (Å²) < 4.78 is 11.3. The first-order chi connectivity index (χ1) is 13.6. The Bertz CT molecular complexity index is 1040. The van der Waals surface area contributed by atoms with Gasteiger partial charge in [-0.1, -0.05) is 24.3 Å². The zero-order chi connectivity index (χ0) is 19.3. The predicted octanol–water partition coefficient (Wildman–Crippen LogP) is 4.16. The zero-order valence-electron chi connectivity index (χ0n) is 16.1. The lowest BCUT2D eigenvalue weighted by molar-refractivity contribution is 0.0792. The molecule has 0 saturated carbocycles. The van der Waals surface area contributed by atoms with Crippen molar-refractivity contribution in [2.75, 3.05) is 13.1 Å². The second-order valence-corrected chi connectivity index (χ2v) is 7.69. The van der Waals surface area contributed by atoms with Gasteiger partial charge in [0.25, 0.3) is 5.91 Å². The van der Waals surface area contributed by atoms with Gasteiger partial charge in [0.15, 0.2) is 6.39 Å². The van der Waals surface area contributed by atoms with Gasteiger partial charge in [-0.2, -0.15) is 0 Å². The van der Waals surface area contributed by atoms with Crippen LogP contribution in [0.3, 0.4) is 0 Å². The van der Waals surface area contributed by atoms with E-state index in [4.69, 9.17) is 9.15 Å². The van der Waals surface area contributed by atoms with Gasteiger partial charge in [-0.25, -0.2) is 4.98 Å². The molecule has 0 unspecified atom stereocenters. The fraction of sp³-hybridized carbons (Fsp3) is 0.304. The summed E-state index contributed by atoms with van der Waals surface area (Å²) in [6.45, 7) is 5.67. The fourth-order valence-electron chi connectivity index (χ4n) is 4.17. The molecule has 1 atom stereocenters. The van der Waals surface area contributed by atoms with Crippen molar-refractivity contribution in [2.45, 2.75) is 32.8 Å². The monoisotopic (exact) mass is 374 g/mol. The average molecular weight is 374 g/mol. The van der Waals surface area contributed by atoms with Crippen molar-refractivity contribution in [3.8, 4) is 17.0 Å². The molecule has 3 aromatic rings. The molecule has 142 valence electrons. The number of rotatable bonds is 3. The Morgan fingerprint density at radius 3 is 2.75 bits per heavy atom. The Kier molecular flexibility index (Phi) is 3.97. The van der Waals surface area contributed by atoms with E-state index in [0.717, 1.165) is 42.0 Å². The topological polar surface area (TPSA) is 55.6 Å². The van der Waals surface area contributed by atoms with Crippen molar-refractivity contribution in [3.05, 3.63) is 70.8 Å². The highest BCUT2D eigenvalue weighted by atomic mass is 16.5. The summed E-state index contributed by atoms with van der Waals surface area (Å²) in [5, 5.41) is 0. The number of hydrogen-bond donors (Lipinski definition) is 0. The van der Waals surface area contributed by atoms with Crippen molar-refractivity contribution < 1.29 is 13.9 Å². The quantitative estimate of drug-likeness (QED) is 0.691. The molecule has 0 N–H and O–H groups in total. The van der Waals surface area contributed by atoms with Gasteiger partial charge in [-0.05, 0) is 48.6 Å². The van der Waals surface area contributed by atoms with Crippen LogP contribution in [0.25, 0.3) is 11.3 Å². The lowest BCUT2D eigenvalue weighted by atomic mass is 9.92. The summed E-state index contributed by atoms with van der Waals surface area (Å²) in [5.41, 5.74) is 7.20. The molecule has 0 radical (unpaired) electrons. The van der Waals surface area contributed by atoms with E-state index in [-0.39, 0.29) is 12.0 Å². The molecule has 1 amide bonds. The van der Waals surface area contributed by atoms with E-state index in [1.54, 1.807) is 6.26 Å². The van der Waals surface area contributed by atoms with Crippen LogP contribution in [0, 0.1) is 13.8 Å². The van der Waals surface area contributed by atoms with E-state index in [1.807, 2.05) is 11.0 Å². The summed E-state index contributed by atoms with van der Waals surface area (Å²) >= 11 is 0. The number of carbonyl (C=O) groups excluding carboxylic acids is 1. The minimum absolute atomic E-state index is 0.0979. The largest absolute Gasteiger partial charge is 0.487 e. The Morgan fingerprint density at radius 1 is 1.18 bits per heavy atom. The lowest BCUT2D eigenvalue weighted by Crippen LogP contribution is -2.28. The first-order valence-electron chi connectivity index (χ1n) is 9.66. The molecule has 2 aromatic carbocycles. The van der Waals surface area contributed by atoms with Gasteiger partial charge in [-0.3, -0.25) is 4.79 Å². The van der Waals surface area contributed by atoms with E-state index in [1.165, 1.54) is 23.1 Å². The smallest absolute Gasteiger partial charge is 0.257 e. The number of fused-ring (bicyclic) bond motifs is 3. The Labute approximate surface area is 164 Å². The molecule has 0 aliphatic carbocycles. The maximum absolute atomic E-state index is 13.0. The molecular weight excluding hydrogens is 352 g/mol. The number of benzene rings is 2. The normalized spacial score (nSPS) is 18.0. The van der Waals surface area contributed by atoms with Crippen molar-refractivity contribution in [2.24, 2.45) is 0 Å². The summed E-state index contributed by atoms with van der Waals surface area (Å²) in [7, 11) is 0. The maximum Gasteiger partial charge on any atom is 0.257 e. The summed E-state index contributed by atoms with van der Waals surface area (Å²) in [5.74, 6) is 0.876. The van der Waals surface area contributed by atoms with Gasteiger partial charge < -0.3 is 14.1 Å². The van der Waals surface area contributed by atoms with Crippen LogP contribution in [-0.2, 0) is 6.42 Å². The fourth-order valence-corrected chi connectivity index (χ4v) is 4.17. The molecule has 2 aliphatic rings. The van der Waals surface area contributed by atoms with Crippen LogP contribution in [-0.4, -0.2) is 35.0 Å². The summed E-state index contributed by atoms with van der Waals surface area (Å²) in [6, 6.07) is 10.4. The Balaban J connectivity index is 1.48. The number of ether oxygens (including phenoxy) is 1. The van der Waals surface area contributed by atoms with Crippen LogP contribution in [0.2, 0.25) is 0 Å². The molecule has 3 heterocycles. The standard InChI is InChI=1S/C23H22N2O3/c1-14-15(2)22-20(23(26)25-8-7-19(11-25)28-22)10-18(14)9-16-3-5-17(6-4-16)21-12-27-13-24-21/h3-6,10,12-13,19H,7-9,11H2,1-2H3/t19-/m0/s1. The number of aromatic nitrogens is 1. The minimum Gasteiger partial charge on any atom is -0.487 e. The molecule has 2 aliphatic heterocycles. The molecule has 5 rings (SSSR count). The van der Waals surface area contributed by atoms with Crippen LogP contribution < -0.4 is 4.74 Å². The van der Waals surface area contributed by atoms with Crippen LogP contribution in [0.5, 0.6) is 5.75 Å². The third kappa shape index (κ3) is 2.78. The van der Waals surface area contributed by atoms with E-state index in [2.05, 4.69) is 43.1 Å². The van der Waals surface area contributed by atoms with E-state index in [0.29, 0.717) is 12.1 Å². The van der Waals surface area contributed by atoms with Gasteiger partial charge >= 0.3 is 0 Å². The van der Waals surface area contributed by atoms with Gasteiger partial charge in [0.2, 0.25) is 0 Å².